The molecule has 2 aromatic rings. The van der Waals surface area contributed by atoms with E-state index in [0.29, 0.717) is 6.54 Å². The number of carbonyl (C=O) groups is 1. The maximum Gasteiger partial charge on any atom is 0.254 e. The van der Waals surface area contributed by atoms with Crippen molar-refractivity contribution in [3.8, 4) is 11.1 Å². The maximum atomic E-state index is 12.8. The summed E-state index contributed by atoms with van der Waals surface area (Å²) in [5, 5.41) is 0. The number of nitrogens with two attached hydrogens (primary N) is 1. The van der Waals surface area contributed by atoms with Gasteiger partial charge in [0.15, 0.2) is 0 Å². The van der Waals surface area contributed by atoms with E-state index >= 15 is 0 Å². The van der Waals surface area contributed by atoms with Gasteiger partial charge in [-0.3, -0.25) is 4.79 Å². The molecule has 0 aliphatic carbocycles. The van der Waals surface area contributed by atoms with E-state index in [2.05, 4.69) is 0 Å². The molecular weight excluding hydrogens is 260 g/mol. The van der Waals surface area contributed by atoms with Crippen molar-refractivity contribution in [3.63, 3.8) is 0 Å². The first-order valence-corrected chi connectivity index (χ1v) is 7.45. The summed E-state index contributed by atoms with van der Waals surface area (Å²) >= 11 is 0. The van der Waals surface area contributed by atoms with Crippen LogP contribution in [0.1, 0.15) is 23.2 Å². The number of carbonyl (C=O) groups excluding carboxylic acids is 1. The van der Waals surface area contributed by atoms with E-state index in [1.165, 1.54) is 0 Å². The van der Waals surface area contributed by atoms with Crippen molar-refractivity contribution in [1.29, 1.82) is 0 Å². The molecule has 0 radical (unpaired) electrons. The Hall–Kier alpha value is -2.13. The zero-order valence-electron chi connectivity index (χ0n) is 12.0. The van der Waals surface area contributed by atoms with E-state index in [0.717, 1.165) is 36.1 Å². The number of hydrogen-bond donors (Lipinski definition) is 1. The average Bonchev–Trinajstić information content (AvgIpc) is 2.55. The van der Waals surface area contributed by atoms with Crippen LogP contribution in [0.3, 0.4) is 0 Å². The first-order valence-electron chi connectivity index (χ1n) is 7.45. The number of piperidine rings is 1. The zero-order valence-corrected chi connectivity index (χ0v) is 12.0. The Labute approximate surface area is 125 Å². The normalized spacial score (nSPS) is 18.5. The van der Waals surface area contributed by atoms with Crippen LogP contribution in [0.5, 0.6) is 0 Å². The monoisotopic (exact) mass is 280 g/mol. The Morgan fingerprint density at radius 2 is 1.76 bits per heavy atom. The third-order valence-corrected chi connectivity index (χ3v) is 3.99. The molecule has 2 N–H and O–H groups in total. The number of rotatable bonds is 2. The Bertz CT molecular complexity index is 624. The maximum absolute atomic E-state index is 12.8. The van der Waals surface area contributed by atoms with Gasteiger partial charge < -0.3 is 10.6 Å². The van der Waals surface area contributed by atoms with Gasteiger partial charge in [0.05, 0.1) is 0 Å². The lowest BCUT2D eigenvalue weighted by molar-refractivity contribution is 0.0709. The summed E-state index contributed by atoms with van der Waals surface area (Å²) < 4.78 is 0. The quantitative estimate of drug-likeness (QED) is 0.919. The lowest BCUT2D eigenvalue weighted by atomic mass is 9.97. The van der Waals surface area contributed by atoms with Crippen LogP contribution in [0, 0.1) is 0 Å². The second-order valence-corrected chi connectivity index (χ2v) is 5.57. The van der Waals surface area contributed by atoms with Gasteiger partial charge in [-0.1, -0.05) is 48.5 Å². The van der Waals surface area contributed by atoms with Gasteiger partial charge in [-0.25, -0.2) is 0 Å². The largest absolute Gasteiger partial charge is 0.337 e. The molecule has 2 aromatic carbocycles. The molecule has 3 heteroatoms. The highest BCUT2D eigenvalue weighted by Gasteiger charge is 2.24. The average molecular weight is 280 g/mol. The van der Waals surface area contributed by atoms with Crippen LogP contribution in [0.4, 0.5) is 0 Å². The van der Waals surface area contributed by atoms with E-state index in [9.17, 15) is 4.79 Å². The molecule has 0 unspecified atom stereocenters. The molecule has 21 heavy (non-hydrogen) atoms. The van der Waals surface area contributed by atoms with Crippen molar-refractivity contribution in [2.75, 3.05) is 13.1 Å². The number of amides is 1. The second kappa shape index (κ2) is 6.10. The fourth-order valence-electron chi connectivity index (χ4n) is 2.90. The molecule has 1 aliphatic heterocycles. The standard InChI is InChI=1S/C18H20N2O/c19-15-9-6-12-20(13-15)18(21)17-11-5-4-10-16(17)14-7-2-1-3-8-14/h1-5,7-8,10-11,15H,6,9,12-13,19H2/t15-/m1/s1. The van der Waals surface area contributed by atoms with Gasteiger partial charge in [0.1, 0.15) is 0 Å². The minimum atomic E-state index is 0.0876. The van der Waals surface area contributed by atoms with Crippen LogP contribution in [0.25, 0.3) is 11.1 Å². The molecule has 3 rings (SSSR count). The lowest BCUT2D eigenvalue weighted by Crippen LogP contribution is -2.45. The molecule has 0 aromatic heterocycles. The lowest BCUT2D eigenvalue weighted by Gasteiger charge is -2.31. The Morgan fingerprint density at radius 3 is 2.52 bits per heavy atom. The van der Waals surface area contributed by atoms with Gasteiger partial charge in [-0.15, -0.1) is 0 Å². The van der Waals surface area contributed by atoms with Crippen molar-refractivity contribution >= 4 is 5.91 Å². The highest BCUT2D eigenvalue weighted by Crippen LogP contribution is 2.25. The van der Waals surface area contributed by atoms with Crippen molar-refractivity contribution in [1.82, 2.24) is 4.90 Å². The van der Waals surface area contributed by atoms with Gasteiger partial charge in [-0.2, -0.15) is 0 Å². The summed E-state index contributed by atoms with van der Waals surface area (Å²) in [7, 11) is 0. The molecule has 0 bridgehead atoms. The molecule has 1 aliphatic rings. The van der Waals surface area contributed by atoms with Gasteiger partial charge >= 0.3 is 0 Å². The van der Waals surface area contributed by atoms with Crippen LogP contribution >= 0.6 is 0 Å². The summed E-state index contributed by atoms with van der Waals surface area (Å²) in [5.41, 5.74) is 8.82. The Kier molecular flexibility index (Phi) is 4.02. The Balaban J connectivity index is 1.94. The summed E-state index contributed by atoms with van der Waals surface area (Å²) in [6, 6.07) is 18.0. The molecule has 0 spiro atoms. The SMILES string of the molecule is N[C@@H]1CCCN(C(=O)c2ccccc2-c2ccccc2)C1. The van der Waals surface area contributed by atoms with Gasteiger partial charge in [0.25, 0.3) is 5.91 Å². The molecule has 0 saturated carbocycles. The predicted molar refractivity (Wildman–Crippen MR) is 85.0 cm³/mol. The van der Waals surface area contributed by atoms with E-state index in [1.54, 1.807) is 0 Å². The molecule has 1 amide bonds. The van der Waals surface area contributed by atoms with Crippen LogP contribution in [0.2, 0.25) is 0 Å². The van der Waals surface area contributed by atoms with Crippen molar-refractivity contribution in [3.05, 3.63) is 60.2 Å². The number of benzene rings is 2. The number of nitrogens with zero attached hydrogens (tertiary/aromatic N) is 1. The Morgan fingerprint density at radius 1 is 1.05 bits per heavy atom. The summed E-state index contributed by atoms with van der Waals surface area (Å²) in [4.78, 5) is 14.7. The fraction of sp³-hybridized carbons (Fsp3) is 0.278. The van der Waals surface area contributed by atoms with Gasteiger partial charge in [0.2, 0.25) is 0 Å². The molecule has 1 heterocycles. The van der Waals surface area contributed by atoms with E-state index in [-0.39, 0.29) is 11.9 Å². The smallest absolute Gasteiger partial charge is 0.254 e. The fourth-order valence-corrected chi connectivity index (χ4v) is 2.90. The van der Waals surface area contributed by atoms with Crippen LogP contribution in [0.15, 0.2) is 54.6 Å². The summed E-state index contributed by atoms with van der Waals surface area (Å²) in [6.45, 7) is 1.46. The zero-order chi connectivity index (χ0) is 14.7. The topological polar surface area (TPSA) is 46.3 Å². The first kappa shape index (κ1) is 13.8. The number of hydrogen-bond acceptors (Lipinski definition) is 2. The molecule has 1 atom stereocenters. The highest BCUT2D eigenvalue weighted by molar-refractivity contribution is 6.00. The minimum absolute atomic E-state index is 0.0876. The van der Waals surface area contributed by atoms with Gasteiger partial charge in [-0.05, 0) is 30.0 Å². The van der Waals surface area contributed by atoms with Crippen molar-refractivity contribution < 1.29 is 4.79 Å². The molecule has 108 valence electrons. The predicted octanol–water partition coefficient (Wildman–Crippen LogP) is 2.92. The van der Waals surface area contributed by atoms with E-state index in [4.69, 9.17) is 5.73 Å². The van der Waals surface area contributed by atoms with Gasteiger partial charge in [0, 0.05) is 24.7 Å². The summed E-state index contributed by atoms with van der Waals surface area (Å²) in [6.07, 6.45) is 1.99. The third-order valence-electron chi connectivity index (χ3n) is 3.99. The van der Waals surface area contributed by atoms with Crippen LogP contribution < -0.4 is 5.73 Å². The molecule has 1 saturated heterocycles. The second-order valence-electron chi connectivity index (χ2n) is 5.57. The number of likely N-dealkylation sites (tertiary alicyclic amines) is 1. The van der Waals surface area contributed by atoms with E-state index < -0.39 is 0 Å². The van der Waals surface area contributed by atoms with Crippen molar-refractivity contribution in [2.45, 2.75) is 18.9 Å². The van der Waals surface area contributed by atoms with Crippen molar-refractivity contribution in [2.24, 2.45) is 5.73 Å². The summed E-state index contributed by atoms with van der Waals surface area (Å²) in [5.74, 6) is 0.0876. The van der Waals surface area contributed by atoms with Crippen LogP contribution in [-0.4, -0.2) is 29.9 Å². The minimum Gasteiger partial charge on any atom is -0.337 e. The molecule has 3 nitrogen and oxygen atoms in total. The highest BCUT2D eigenvalue weighted by atomic mass is 16.2. The first-order chi connectivity index (χ1) is 10.3. The molecule has 1 fully saturated rings. The third kappa shape index (κ3) is 2.98. The molecular formula is C18H20N2O. The van der Waals surface area contributed by atoms with Crippen LogP contribution in [-0.2, 0) is 0 Å². The van der Waals surface area contributed by atoms with E-state index in [1.807, 2.05) is 59.5 Å².